The summed E-state index contributed by atoms with van der Waals surface area (Å²) < 4.78 is 24.7. The zero-order chi connectivity index (χ0) is 29.7. The minimum atomic E-state index is -0.516. The predicted octanol–water partition coefficient (Wildman–Crippen LogP) is 7.23. The quantitative estimate of drug-likeness (QED) is 0.223. The van der Waals surface area contributed by atoms with Crippen molar-refractivity contribution in [1.29, 1.82) is 0 Å². The van der Waals surface area contributed by atoms with Gasteiger partial charge < -0.3 is 20.1 Å². The van der Waals surface area contributed by atoms with Gasteiger partial charge in [0.05, 0.1) is 10.5 Å². The van der Waals surface area contributed by atoms with Crippen molar-refractivity contribution in [3.63, 3.8) is 0 Å². The number of benzene rings is 3. The fraction of sp³-hybridized carbons (Fsp3) is 0.344. The molecule has 0 saturated carbocycles. The first kappa shape index (κ1) is 29.5. The molecule has 0 unspecified atom stereocenters. The van der Waals surface area contributed by atoms with Crippen LogP contribution in [0, 0.1) is 5.82 Å². The molecule has 1 amide bonds. The number of piperidine rings is 1. The molecule has 42 heavy (non-hydrogen) atoms. The average Bonchev–Trinajstić information content (AvgIpc) is 2.93. The van der Waals surface area contributed by atoms with E-state index in [4.69, 9.17) is 21.1 Å². The van der Waals surface area contributed by atoms with E-state index in [1.807, 2.05) is 39.0 Å². The number of rotatable bonds is 8. The van der Waals surface area contributed by atoms with Crippen LogP contribution in [-0.4, -0.2) is 45.7 Å². The molecule has 0 atom stereocenters. The lowest BCUT2D eigenvalue weighted by Gasteiger charge is -2.33. The zero-order valence-corrected chi connectivity index (χ0v) is 24.7. The second-order valence-corrected chi connectivity index (χ2v) is 11.8. The van der Waals surface area contributed by atoms with Crippen LogP contribution in [0.3, 0.4) is 0 Å². The van der Waals surface area contributed by atoms with Gasteiger partial charge in [0, 0.05) is 36.7 Å². The molecule has 0 bridgehead atoms. The number of amides is 1. The van der Waals surface area contributed by atoms with Gasteiger partial charge in [-0.15, -0.1) is 0 Å². The Balaban J connectivity index is 1.25. The van der Waals surface area contributed by atoms with Crippen LogP contribution < -0.4 is 15.4 Å². The van der Waals surface area contributed by atoms with Crippen LogP contribution in [-0.2, 0) is 17.9 Å². The van der Waals surface area contributed by atoms with E-state index in [-0.39, 0.29) is 24.6 Å². The Morgan fingerprint density at radius 3 is 2.60 bits per heavy atom. The van der Waals surface area contributed by atoms with Crippen molar-refractivity contribution in [1.82, 2.24) is 20.2 Å². The minimum absolute atomic E-state index is 0.0923. The monoisotopic (exact) mass is 591 g/mol. The van der Waals surface area contributed by atoms with Gasteiger partial charge in [-0.1, -0.05) is 35.9 Å². The Morgan fingerprint density at radius 2 is 1.86 bits per heavy atom. The fourth-order valence-corrected chi connectivity index (χ4v) is 5.21. The molecule has 4 aromatic rings. The van der Waals surface area contributed by atoms with Crippen molar-refractivity contribution in [3.05, 3.63) is 89.0 Å². The number of nitrogens with zero attached hydrogens (tertiary/aromatic N) is 3. The van der Waals surface area contributed by atoms with E-state index in [1.54, 1.807) is 30.6 Å². The Labute approximate surface area is 250 Å². The highest BCUT2D eigenvalue weighted by Gasteiger charge is 2.24. The van der Waals surface area contributed by atoms with Gasteiger partial charge in [0.1, 0.15) is 35.9 Å². The third-order valence-electron chi connectivity index (χ3n) is 6.93. The number of halogens is 2. The molecule has 1 fully saturated rings. The number of carbonyl (C=O) groups is 1. The summed E-state index contributed by atoms with van der Waals surface area (Å²) in [4.78, 5) is 23.6. The highest BCUT2D eigenvalue weighted by Crippen LogP contribution is 2.32. The Bertz CT molecular complexity index is 1550. The molecule has 220 valence electrons. The van der Waals surface area contributed by atoms with E-state index in [9.17, 15) is 9.18 Å². The summed E-state index contributed by atoms with van der Waals surface area (Å²) in [6, 6.07) is 17.9. The molecule has 1 aliphatic heterocycles. The van der Waals surface area contributed by atoms with Gasteiger partial charge in [0.15, 0.2) is 0 Å². The maximum absolute atomic E-state index is 13.5. The molecular weight excluding hydrogens is 557 g/mol. The number of aromatic nitrogens is 2. The molecule has 0 spiro atoms. The summed E-state index contributed by atoms with van der Waals surface area (Å²) in [5.74, 6) is 0.878. The van der Waals surface area contributed by atoms with Crippen LogP contribution in [0.2, 0.25) is 5.02 Å². The molecule has 3 aromatic carbocycles. The number of hydrogen-bond acceptors (Lipinski definition) is 7. The maximum atomic E-state index is 13.5. The second kappa shape index (κ2) is 12.9. The SMILES string of the molecule is CC(C)(C)OC(=O)NC1CCN(Cc2cccc3ncnc(Nc4ccc(OCc5cccc(F)c5)c(Cl)c4)c23)CC1. The van der Waals surface area contributed by atoms with E-state index >= 15 is 0 Å². The number of ether oxygens (including phenoxy) is 2. The van der Waals surface area contributed by atoms with Gasteiger partial charge in [-0.25, -0.2) is 19.2 Å². The van der Waals surface area contributed by atoms with E-state index in [0.29, 0.717) is 16.6 Å². The third kappa shape index (κ3) is 7.86. The molecule has 8 nitrogen and oxygen atoms in total. The lowest BCUT2D eigenvalue weighted by Crippen LogP contribution is -2.45. The molecule has 0 aliphatic carbocycles. The number of likely N-dealkylation sites (tertiary alicyclic amines) is 1. The summed E-state index contributed by atoms with van der Waals surface area (Å²) in [5.41, 5.74) is 2.90. The molecule has 1 aromatic heterocycles. The van der Waals surface area contributed by atoms with E-state index in [0.717, 1.165) is 60.2 Å². The summed E-state index contributed by atoms with van der Waals surface area (Å²) in [5, 5.41) is 7.77. The van der Waals surface area contributed by atoms with E-state index in [2.05, 4.69) is 31.6 Å². The van der Waals surface area contributed by atoms with Gasteiger partial charge in [-0.2, -0.15) is 0 Å². The Hall–Kier alpha value is -3.95. The number of anilines is 2. The molecule has 1 saturated heterocycles. The van der Waals surface area contributed by atoms with Crippen LogP contribution >= 0.6 is 11.6 Å². The largest absolute Gasteiger partial charge is 0.487 e. The third-order valence-corrected chi connectivity index (χ3v) is 7.22. The number of hydrogen-bond donors (Lipinski definition) is 2. The summed E-state index contributed by atoms with van der Waals surface area (Å²) >= 11 is 6.53. The lowest BCUT2D eigenvalue weighted by molar-refractivity contribution is 0.0477. The molecule has 0 radical (unpaired) electrons. The molecule has 2 heterocycles. The summed E-state index contributed by atoms with van der Waals surface area (Å²) in [7, 11) is 0. The highest BCUT2D eigenvalue weighted by molar-refractivity contribution is 6.32. The molecule has 10 heteroatoms. The molecule has 1 aliphatic rings. The number of nitrogens with one attached hydrogen (secondary N) is 2. The molecule has 2 N–H and O–H groups in total. The van der Waals surface area contributed by atoms with Crippen molar-refractivity contribution >= 4 is 40.1 Å². The van der Waals surface area contributed by atoms with Gasteiger partial charge in [-0.3, -0.25) is 4.90 Å². The van der Waals surface area contributed by atoms with Crippen molar-refractivity contribution in [3.8, 4) is 5.75 Å². The number of fused-ring (bicyclic) bond motifs is 1. The summed E-state index contributed by atoms with van der Waals surface area (Å²) in [6.45, 7) is 8.22. The van der Waals surface area contributed by atoms with Crippen LogP contribution in [0.1, 0.15) is 44.7 Å². The van der Waals surface area contributed by atoms with Crippen molar-refractivity contribution < 1.29 is 18.7 Å². The minimum Gasteiger partial charge on any atom is -0.487 e. The lowest BCUT2D eigenvalue weighted by atomic mass is 10.0. The highest BCUT2D eigenvalue weighted by atomic mass is 35.5. The topological polar surface area (TPSA) is 88.6 Å². The van der Waals surface area contributed by atoms with Crippen molar-refractivity contribution in [2.45, 2.75) is 58.4 Å². The molecule has 5 rings (SSSR count). The first-order chi connectivity index (χ1) is 20.1. The van der Waals surface area contributed by atoms with Crippen molar-refractivity contribution in [2.24, 2.45) is 0 Å². The number of carbonyl (C=O) groups excluding carboxylic acids is 1. The Kier molecular flexibility index (Phi) is 9.09. The summed E-state index contributed by atoms with van der Waals surface area (Å²) in [6.07, 6.45) is 2.87. The maximum Gasteiger partial charge on any atom is 0.407 e. The second-order valence-electron chi connectivity index (χ2n) is 11.4. The van der Waals surface area contributed by atoms with Crippen LogP contribution in [0.15, 0.2) is 67.0 Å². The smallest absolute Gasteiger partial charge is 0.407 e. The van der Waals surface area contributed by atoms with Crippen LogP contribution in [0.25, 0.3) is 10.9 Å². The molecular formula is C32H35ClFN5O3. The first-order valence-electron chi connectivity index (χ1n) is 14.0. The van der Waals surface area contributed by atoms with E-state index in [1.165, 1.54) is 12.1 Å². The standard InChI is InChI=1S/C32H35ClFN5O3/c1-32(2,3)42-31(40)38-24-12-14-39(15-13-24)18-22-7-5-9-27-29(22)30(36-20-35-27)37-25-10-11-28(26(33)17-25)41-19-21-6-4-8-23(34)16-21/h4-11,16-17,20,24H,12-15,18-19H2,1-3H3,(H,38,40)(H,35,36,37). The van der Waals surface area contributed by atoms with E-state index < -0.39 is 5.60 Å². The fourth-order valence-electron chi connectivity index (χ4n) is 4.98. The van der Waals surface area contributed by atoms with Gasteiger partial charge >= 0.3 is 6.09 Å². The van der Waals surface area contributed by atoms with Crippen LogP contribution in [0.4, 0.5) is 20.7 Å². The average molecular weight is 592 g/mol. The first-order valence-corrected chi connectivity index (χ1v) is 14.4. The predicted molar refractivity (Wildman–Crippen MR) is 163 cm³/mol. The zero-order valence-electron chi connectivity index (χ0n) is 24.0. The normalized spacial score (nSPS) is 14.5. The number of alkyl carbamates (subject to hydrolysis) is 1. The van der Waals surface area contributed by atoms with Crippen LogP contribution in [0.5, 0.6) is 5.75 Å². The van der Waals surface area contributed by atoms with Crippen molar-refractivity contribution in [2.75, 3.05) is 18.4 Å². The van der Waals surface area contributed by atoms with Gasteiger partial charge in [-0.05, 0) is 81.1 Å². The Morgan fingerprint density at radius 1 is 1.07 bits per heavy atom. The van der Waals surface area contributed by atoms with Gasteiger partial charge in [0.2, 0.25) is 0 Å². The van der Waals surface area contributed by atoms with Gasteiger partial charge in [0.25, 0.3) is 0 Å².